The van der Waals surface area contributed by atoms with Crippen molar-refractivity contribution in [3.05, 3.63) is 42.7 Å². The molecule has 1 N–H and O–H groups in total. The number of furan rings is 1. The van der Waals surface area contributed by atoms with Gasteiger partial charge in [-0.2, -0.15) is 0 Å². The van der Waals surface area contributed by atoms with E-state index in [1.165, 1.54) is 11.8 Å². The van der Waals surface area contributed by atoms with Crippen LogP contribution in [0.5, 0.6) is 0 Å². The zero-order chi connectivity index (χ0) is 16.1. The van der Waals surface area contributed by atoms with Gasteiger partial charge in [0.1, 0.15) is 5.03 Å². The van der Waals surface area contributed by atoms with Gasteiger partial charge in [0, 0.05) is 5.39 Å². The van der Waals surface area contributed by atoms with E-state index in [0.29, 0.717) is 11.6 Å². The SMILES string of the molecule is C#CCNC(=O)CSc1nc(-c2ccco2)nc2ccccc12. The molecule has 2 aromatic heterocycles. The Morgan fingerprint density at radius 1 is 1.26 bits per heavy atom. The Balaban J connectivity index is 1.91. The number of benzene rings is 1. The topological polar surface area (TPSA) is 68.0 Å². The molecular formula is C17H13N3O2S. The largest absolute Gasteiger partial charge is 0.461 e. The minimum absolute atomic E-state index is 0.129. The number of aromatic nitrogens is 2. The molecule has 0 unspecified atom stereocenters. The number of hydrogen-bond donors (Lipinski definition) is 1. The van der Waals surface area contributed by atoms with Gasteiger partial charge >= 0.3 is 0 Å². The van der Waals surface area contributed by atoms with Gasteiger partial charge in [-0.25, -0.2) is 9.97 Å². The predicted molar refractivity (Wildman–Crippen MR) is 89.8 cm³/mol. The van der Waals surface area contributed by atoms with E-state index in [2.05, 4.69) is 21.2 Å². The van der Waals surface area contributed by atoms with Crippen molar-refractivity contribution in [1.82, 2.24) is 15.3 Å². The number of fused-ring (bicyclic) bond motifs is 1. The van der Waals surface area contributed by atoms with Gasteiger partial charge in [0.25, 0.3) is 0 Å². The first-order valence-electron chi connectivity index (χ1n) is 6.91. The van der Waals surface area contributed by atoms with Crippen LogP contribution in [0, 0.1) is 12.3 Å². The van der Waals surface area contributed by atoms with Crippen molar-refractivity contribution in [1.29, 1.82) is 0 Å². The van der Waals surface area contributed by atoms with Gasteiger partial charge < -0.3 is 9.73 Å². The van der Waals surface area contributed by atoms with E-state index in [0.717, 1.165) is 15.9 Å². The van der Waals surface area contributed by atoms with Crippen molar-refractivity contribution in [3.63, 3.8) is 0 Å². The first-order chi connectivity index (χ1) is 11.3. The average molecular weight is 323 g/mol. The average Bonchev–Trinajstić information content (AvgIpc) is 3.12. The Morgan fingerprint density at radius 2 is 2.13 bits per heavy atom. The molecule has 114 valence electrons. The summed E-state index contributed by atoms with van der Waals surface area (Å²) in [5, 5.41) is 4.27. The molecule has 0 aliphatic carbocycles. The molecule has 0 radical (unpaired) electrons. The summed E-state index contributed by atoms with van der Waals surface area (Å²) in [6.45, 7) is 0.224. The number of carbonyl (C=O) groups excluding carboxylic acids is 1. The maximum atomic E-state index is 11.7. The Bertz CT molecular complexity index is 869. The summed E-state index contributed by atoms with van der Waals surface area (Å²) in [6, 6.07) is 11.3. The van der Waals surface area contributed by atoms with Crippen molar-refractivity contribution in [3.8, 4) is 23.9 Å². The molecule has 0 atom stereocenters. The van der Waals surface area contributed by atoms with Gasteiger partial charge in [-0.05, 0) is 18.2 Å². The zero-order valence-electron chi connectivity index (χ0n) is 12.2. The van der Waals surface area contributed by atoms with Crippen LogP contribution in [-0.2, 0) is 4.79 Å². The van der Waals surface area contributed by atoms with Crippen LogP contribution in [0.4, 0.5) is 0 Å². The molecule has 0 fully saturated rings. The van der Waals surface area contributed by atoms with Gasteiger partial charge in [0.05, 0.1) is 24.1 Å². The third-order valence-corrected chi connectivity index (χ3v) is 4.03. The van der Waals surface area contributed by atoms with Gasteiger partial charge in [0.2, 0.25) is 5.91 Å². The fourth-order valence-corrected chi connectivity index (χ4v) is 2.86. The first-order valence-corrected chi connectivity index (χ1v) is 7.90. The van der Waals surface area contributed by atoms with E-state index >= 15 is 0 Å². The quantitative estimate of drug-likeness (QED) is 0.444. The molecule has 0 aliphatic heterocycles. The fraction of sp³-hybridized carbons (Fsp3) is 0.118. The van der Waals surface area contributed by atoms with E-state index in [1.807, 2.05) is 24.3 Å². The summed E-state index contributed by atoms with van der Waals surface area (Å²) in [4.78, 5) is 20.8. The Labute approximate surface area is 137 Å². The lowest BCUT2D eigenvalue weighted by molar-refractivity contribution is -0.118. The summed E-state index contributed by atoms with van der Waals surface area (Å²) in [5.74, 6) is 3.57. The van der Waals surface area contributed by atoms with Gasteiger partial charge in [-0.15, -0.1) is 6.42 Å². The Morgan fingerprint density at radius 3 is 2.91 bits per heavy atom. The third-order valence-electron chi connectivity index (χ3n) is 3.04. The number of nitrogens with one attached hydrogen (secondary N) is 1. The molecule has 3 aromatic rings. The first kappa shape index (κ1) is 15.1. The number of rotatable bonds is 5. The van der Waals surface area contributed by atoms with Crippen molar-refractivity contribution in [2.45, 2.75) is 5.03 Å². The molecule has 6 heteroatoms. The van der Waals surface area contributed by atoms with Gasteiger partial charge in [0.15, 0.2) is 11.6 Å². The van der Waals surface area contributed by atoms with E-state index < -0.39 is 0 Å². The van der Waals surface area contributed by atoms with Gasteiger partial charge in [-0.3, -0.25) is 4.79 Å². The molecule has 0 saturated carbocycles. The van der Waals surface area contributed by atoms with Crippen molar-refractivity contribution < 1.29 is 9.21 Å². The number of hydrogen-bond acceptors (Lipinski definition) is 5. The number of nitrogens with zero attached hydrogens (tertiary/aromatic N) is 2. The summed E-state index contributed by atoms with van der Waals surface area (Å²) < 4.78 is 5.37. The minimum Gasteiger partial charge on any atom is -0.461 e. The van der Waals surface area contributed by atoms with Crippen molar-refractivity contribution >= 4 is 28.6 Å². The Kier molecular flexibility index (Phi) is 4.60. The number of terminal acetylenes is 1. The lowest BCUT2D eigenvalue weighted by Crippen LogP contribution is -2.25. The molecule has 5 nitrogen and oxygen atoms in total. The minimum atomic E-state index is -0.129. The van der Waals surface area contributed by atoms with E-state index in [9.17, 15) is 4.79 Å². The molecular weight excluding hydrogens is 310 g/mol. The van der Waals surface area contributed by atoms with E-state index in [4.69, 9.17) is 10.8 Å². The summed E-state index contributed by atoms with van der Waals surface area (Å²) in [5.41, 5.74) is 0.806. The normalized spacial score (nSPS) is 10.4. The number of carbonyl (C=O) groups is 1. The molecule has 1 aromatic carbocycles. The van der Waals surface area contributed by atoms with Gasteiger partial charge in [-0.1, -0.05) is 35.9 Å². The molecule has 0 saturated heterocycles. The molecule has 3 rings (SSSR count). The molecule has 1 amide bonds. The van der Waals surface area contributed by atoms with Crippen LogP contribution in [-0.4, -0.2) is 28.2 Å². The maximum absolute atomic E-state index is 11.7. The highest BCUT2D eigenvalue weighted by Gasteiger charge is 2.12. The smallest absolute Gasteiger partial charge is 0.231 e. The maximum Gasteiger partial charge on any atom is 0.231 e. The van der Waals surface area contributed by atoms with Crippen LogP contribution < -0.4 is 5.32 Å². The second-order valence-corrected chi connectivity index (χ2v) is 5.58. The molecule has 0 bridgehead atoms. The fourth-order valence-electron chi connectivity index (χ4n) is 2.01. The van der Waals surface area contributed by atoms with Crippen molar-refractivity contribution in [2.75, 3.05) is 12.3 Å². The van der Waals surface area contributed by atoms with Crippen LogP contribution in [0.25, 0.3) is 22.5 Å². The second-order valence-electron chi connectivity index (χ2n) is 4.62. The third kappa shape index (κ3) is 3.52. The van der Waals surface area contributed by atoms with E-state index in [1.54, 1.807) is 18.4 Å². The molecule has 23 heavy (non-hydrogen) atoms. The summed E-state index contributed by atoms with van der Waals surface area (Å²) in [6.07, 6.45) is 6.71. The highest BCUT2D eigenvalue weighted by atomic mass is 32.2. The summed E-state index contributed by atoms with van der Waals surface area (Å²) in [7, 11) is 0. The van der Waals surface area contributed by atoms with Crippen LogP contribution in [0.1, 0.15) is 0 Å². The zero-order valence-corrected chi connectivity index (χ0v) is 13.0. The standard InChI is InChI=1S/C17H13N3O2S/c1-2-9-18-15(21)11-23-17-12-6-3-4-7-13(12)19-16(20-17)14-8-5-10-22-14/h1,3-8,10H,9,11H2,(H,18,21). The van der Waals surface area contributed by atoms with Crippen molar-refractivity contribution in [2.24, 2.45) is 0 Å². The molecule has 2 heterocycles. The second kappa shape index (κ2) is 6.99. The lowest BCUT2D eigenvalue weighted by atomic mass is 10.2. The molecule has 0 aliphatic rings. The number of amides is 1. The Hall–Kier alpha value is -2.78. The monoisotopic (exact) mass is 323 g/mol. The lowest BCUT2D eigenvalue weighted by Gasteiger charge is -2.07. The summed E-state index contributed by atoms with van der Waals surface area (Å²) >= 11 is 1.35. The van der Waals surface area contributed by atoms with Crippen LogP contribution >= 0.6 is 11.8 Å². The van der Waals surface area contributed by atoms with Crippen LogP contribution in [0.3, 0.4) is 0 Å². The number of para-hydroxylation sites is 1. The predicted octanol–water partition coefficient (Wildman–Crippen LogP) is 2.73. The highest BCUT2D eigenvalue weighted by molar-refractivity contribution is 8.00. The van der Waals surface area contributed by atoms with Crippen LogP contribution in [0.2, 0.25) is 0 Å². The van der Waals surface area contributed by atoms with E-state index in [-0.39, 0.29) is 18.2 Å². The van der Waals surface area contributed by atoms with Crippen LogP contribution in [0.15, 0.2) is 52.1 Å². The number of thioether (sulfide) groups is 1. The highest BCUT2D eigenvalue weighted by Crippen LogP contribution is 2.28. The molecule has 0 spiro atoms.